The van der Waals surface area contributed by atoms with E-state index in [1.807, 2.05) is 26.0 Å². The Morgan fingerprint density at radius 3 is 2.41 bits per heavy atom. The number of H-pyrrole nitrogens is 1. The van der Waals surface area contributed by atoms with Gasteiger partial charge in [0.2, 0.25) is 0 Å². The van der Waals surface area contributed by atoms with Gasteiger partial charge in [0.15, 0.2) is 11.5 Å². The Morgan fingerprint density at radius 1 is 1.03 bits per heavy atom. The third-order valence-corrected chi connectivity index (χ3v) is 5.35. The van der Waals surface area contributed by atoms with Crippen LogP contribution in [0.15, 0.2) is 46.0 Å². The minimum Gasteiger partial charge on any atom is -0.321 e. The van der Waals surface area contributed by atoms with Crippen LogP contribution >= 0.6 is 0 Å². The lowest BCUT2D eigenvalue weighted by Gasteiger charge is -2.18. The van der Waals surface area contributed by atoms with Crippen molar-refractivity contribution in [2.75, 3.05) is 6.54 Å². The fourth-order valence-corrected chi connectivity index (χ4v) is 3.51. The molecule has 4 rings (SSSR count). The molecule has 0 aromatic heterocycles. The number of aryl methyl sites for hydroxylation is 2. The molecule has 166 valence electrons. The van der Waals surface area contributed by atoms with Gasteiger partial charge in [-0.3, -0.25) is 9.78 Å². The maximum absolute atomic E-state index is 12.7. The van der Waals surface area contributed by atoms with E-state index < -0.39 is 23.0 Å². The fourth-order valence-electron chi connectivity index (χ4n) is 3.51. The summed E-state index contributed by atoms with van der Waals surface area (Å²) in [7, 11) is 0. The predicted molar refractivity (Wildman–Crippen MR) is 114 cm³/mol. The van der Waals surface area contributed by atoms with Gasteiger partial charge in [-0.25, -0.2) is 9.78 Å². The molecule has 0 saturated heterocycles. The zero-order valence-corrected chi connectivity index (χ0v) is 17.4. The quantitative estimate of drug-likeness (QED) is 0.365. The van der Waals surface area contributed by atoms with Gasteiger partial charge in [-0.1, -0.05) is 12.1 Å². The summed E-state index contributed by atoms with van der Waals surface area (Å²) in [5, 5.41) is 3.18. The Kier molecular flexibility index (Phi) is 5.55. The average molecular weight is 443 g/mol. The van der Waals surface area contributed by atoms with Crippen molar-refractivity contribution in [2.24, 2.45) is 0 Å². The minimum atomic E-state index is -4.37. The van der Waals surface area contributed by atoms with Crippen LogP contribution in [0.25, 0.3) is 22.6 Å². The smallest absolute Gasteiger partial charge is 0.321 e. The molecule has 2 aromatic carbocycles. The van der Waals surface area contributed by atoms with Crippen LogP contribution in [-0.2, 0) is 19.3 Å². The molecule has 2 aliphatic heterocycles. The number of benzene rings is 2. The molecule has 32 heavy (non-hydrogen) atoms. The highest BCUT2D eigenvalue weighted by Gasteiger charge is 2.29. The SMILES string of the molecule is Cc1cc2nc3c(=O)[nH]c(=O)nc-3n(CCNCc3ccc(C(F)(F)F)cc3)c2cc1C. The molecule has 2 N–H and O–H groups in total. The lowest BCUT2D eigenvalue weighted by atomic mass is 10.1. The van der Waals surface area contributed by atoms with Crippen LogP contribution in [0.5, 0.6) is 0 Å². The standard InChI is InChI=1S/C22H20F3N5O2/c1-12-9-16-17(10-13(12)2)30(19-18(27-16)20(31)29-21(32)28-19)8-7-26-11-14-3-5-15(6-4-14)22(23,24)25/h3-6,9-10,26H,7-8,11H2,1-2H3,(H,29,31,32). The van der Waals surface area contributed by atoms with Crippen LogP contribution in [-0.4, -0.2) is 26.1 Å². The first kappa shape index (κ1) is 21.7. The molecular weight excluding hydrogens is 423 g/mol. The molecule has 0 saturated carbocycles. The van der Waals surface area contributed by atoms with E-state index in [1.165, 1.54) is 12.1 Å². The normalized spacial score (nSPS) is 12.0. The third kappa shape index (κ3) is 4.26. The Balaban J connectivity index is 1.61. The van der Waals surface area contributed by atoms with Crippen molar-refractivity contribution in [3.63, 3.8) is 0 Å². The first-order valence-corrected chi connectivity index (χ1v) is 9.92. The Labute approximate surface area is 180 Å². The molecule has 0 amide bonds. The van der Waals surface area contributed by atoms with Crippen molar-refractivity contribution in [1.82, 2.24) is 24.8 Å². The molecule has 0 aliphatic carbocycles. The largest absolute Gasteiger partial charge is 0.416 e. The number of halogens is 3. The molecule has 10 heteroatoms. The lowest BCUT2D eigenvalue weighted by molar-refractivity contribution is -0.137. The molecule has 0 spiro atoms. The van der Waals surface area contributed by atoms with Gasteiger partial charge in [0.25, 0.3) is 5.56 Å². The Bertz CT molecular complexity index is 1370. The first-order chi connectivity index (χ1) is 15.1. The third-order valence-electron chi connectivity index (χ3n) is 5.35. The van der Waals surface area contributed by atoms with Gasteiger partial charge in [0.1, 0.15) is 0 Å². The van der Waals surface area contributed by atoms with Crippen molar-refractivity contribution < 1.29 is 13.2 Å². The summed E-state index contributed by atoms with van der Waals surface area (Å²) in [6.45, 7) is 5.05. The van der Waals surface area contributed by atoms with Crippen LogP contribution < -0.4 is 16.6 Å². The summed E-state index contributed by atoms with van der Waals surface area (Å²) in [4.78, 5) is 34.6. The number of nitrogens with zero attached hydrogens (tertiary/aromatic N) is 3. The summed E-state index contributed by atoms with van der Waals surface area (Å²) in [6, 6.07) is 8.76. The van der Waals surface area contributed by atoms with E-state index in [0.717, 1.165) is 28.8 Å². The van der Waals surface area contributed by atoms with Crippen molar-refractivity contribution in [3.8, 4) is 11.5 Å². The minimum absolute atomic E-state index is 0.0723. The van der Waals surface area contributed by atoms with Crippen LogP contribution in [0.3, 0.4) is 0 Å². The molecule has 0 radical (unpaired) electrons. The van der Waals surface area contributed by atoms with Crippen LogP contribution in [0, 0.1) is 13.8 Å². The van der Waals surface area contributed by atoms with E-state index >= 15 is 0 Å². The molecule has 7 nitrogen and oxygen atoms in total. The maximum Gasteiger partial charge on any atom is 0.416 e. The summed E-state index contributed by atoms with van der Waals surface area (Å²) < 4.78 is 39.9. The van der Waals surface area contributed by atoms with Crippen molar-refractivity contribution in [2.45, 2.75) is 33.1 Å². The summed E-state index contributed by atoms with van der Waals surface area (Å²) in [5.74, 6) is 0.186. The fraction of sp³-hybridized carbons (Fsp3) is 0.273. The van der Waals surface area contributed by atoms with Gasteiger partial charge in [-0.2, -0.15) is 18.2 Å². The number of fused-ring (bicyclic) bond motifs is 2. The van der Waals surface area contributed by atoms with Crippen LogP contribution in [0.2, 0.25) is 0 Å². The van der Waals surface area contributed by atoms with E-state index in [2.05, 4.69) is 20.3 Å². The topological polar surface area (TPSA) is 92.7 Å². The summed E-state index contributed by atoms with van der Waals surface area (Å²) in [6.07, 6.45) is -4.37. The van der Waals surface area contributed by atoms with Gasteiger partial charge in [0, 0.05) is 19.6 Å². The van der Waals surface area contributed by atoms with Gasteiger partial charge >= 0.3 is 11.9 Å². The number of aromatic amines is 1. The molecule has 0 fully saturated rings. The van der Waals surface area contributed by atoms with E-state index in [-0.39, 0.29) is 11.5 Å². The molecule has 2 heterocycles. The second kappa shape index (κ2) is 8.19. The predicted octanol–water partition coefficient (Wildman–Crippen LogP) is 3.01. The molecule has 0 bridgehead atoms. The highest BCUT2D eigenvalue weighted by molar-refractivity contribution is 5.81. The first-order valence-electron chi connectivity index (χ1n) is 9.92. The molecule has 0 atom stereocenters. The molecule has 2 aromatic rings. The van der Waals surface area contributed by atoms with Gasteiger partial charge in [-0.05, 0) is 54.8 Å². The zero-order valence-electron chi connectivity index (χ0n) is 17.4. The Hall–Kier alpha value is -3.53. The highest BCUT2D eigenvalue weighted by Crippen LogP contribution is 2.29. The summed E-state index contributed by atoms with van der Waals surface area (Å²) >= 11 is 0. The van der Waals surface area contributed by atoms with E-state index in [4.69, 9.17) is 0 Å². The van der Waals surface area contributed by atoms with Crippen LogP contribution in [0.1, 0.15) is 22.3 Å². The van der Waals surface area contributed by atoms with Crippen LogP contribution in [0.4, 0.5) is 13.2 Å². The second-order valence-corrected chi connectivity index (χ2v) is 7.60. The zero-order chi connectivity index (χ0) is 23.0. The number of hydrogen-bond acceptors (Lipinski definition) is 5. The van der Waals surface area contributed by atoms with E-state index in [9.17, 15) is 22.8 Å². The Morgan fingerprint density at radius 2 is 1.72 bits per heavy atom. The van der Waals surface area contributed by atoms with Gasteiger partial charge in [-0.15, -0.1) is 0 Å². The van der Waals surface area contributed by atoms with Crippen molar-refractivity contribution in [3.05, 3.63) is 79.5 Å². The van der Waals surface area contributed by atoms with Crippen molar-refractivity contribution in [1.29, 1.82) is 0 Å². The monoisotopic (exact) mass is 443 g/mol. The number of nitrogens with one attached hydrogen (secondary N) is 2. The van der Waals surface area contributed by atoms with E-state index in [0.29, 0.717) is 30.7 Å². The average Bonchev–Trinajstić information content (AvgIpc) is 2.72. The summed E-state index contributed by atoms with van der Waals surface area (Å²) in [5.41, 5.74) is 2.10. The van der Waals surface area contributed by atoms with Gasteiger partial charge in [0.05, 0.1) is 16.6 Å². The highest BCUT2D eigenvalue weighted by atomic mass is 19.4. The molecule has 0 unspecified atom stereocenters. The lowest BCUT2D eigenvalue weighted by Crippen LogP contribution is -2.30. The number of alkyl halides is 3. The van der Waals surface area contributed by atoms with Crippen molar-refractivity contribution >= 4 is 11.0 Å². The number of hydrogen-bond donors (Lipinski definition) is 2. The van der Waals surface area contributed by atoms with E-state index in [1.54, 1.807) is 4.57 Å². The molecular formula is C22H20F3N5O2. The maximum atomic E-state index is 12.7. The van der Waals surface area contributed by atoms with Gasteiger partial charge < -0.3 is 9.88 Å². The molecule has 2 aliphatic rings. The second-order valence-electron chi connectivity index (χ2n) is 7.60. The number of rotatable bonds is 5. The number of aromatic nitrogens is 4.